The molecule has 0 aliphatic carbocycles. The number of benzene rings is 2. The number of nitriles is 1. The molecule has 0 aliphatic heterocycles. The van der Waals surface area contributed by atoms with Crippen molar-refractivity contribution in [3.8, 4) is 17.4 Å². The van der Waals surface area contributed by atoms with Crippen molar-refractivity contribution in [1.29, 1.82) is 5.26 Å². The number of carbonyl (C=O) groups excluding carboxylic acids is 1. The third-order valence-corrected chi connectivity index (χ3v) is 5.39. The Morgan fingerprint density at radius 1 is 1.24 bits per heavy atom. The van der Waals surface area contributed by atoms with Crippen molar-refractivity contribution in [1.82, 2.24) is 10.3 Å². The molecule has 164 valence electrons. The van der Waals surface area contributed by atoms with Crippen molar-refractivity contribution in [3.63, 3.8) is 0 Å². The van der Waals surface area contributed by atoms with Gasteiger partial charge in [0.05, 0.1) is 9.95 Å². The fourth-order valence-corrected chi connectivity index (χ4v) is 3.64. The molecule has 2 aromatic heterocycles. The summed E-state index contributed by atoms with van der Waals surface area (Å²) in [6.07, 6.45) is 3.82. The van der Waals surface area contributed by atoms with E-state index in [0.29, 0.717) is 18.5 Å². The Hall–Kier alpha value is -4.35. The smallest absolute Gasteiger partial charge is 0.270 e. The van der Waals surface area contributed by atoms with Crippen LogP contribution in [0.25, 0.3) is 28.3 Å². The first kappa shape index (κ1) is 21.9. The number of nitrogens with one attached hydrogen (secondary N) is 2. The van der Waals surface area contributed by atoms with Crippen LogP contribution in [0.5, 0.6) is 0 Å². The summed E-state index contributed by atoms with van der Waals surface area (Å²) >= 11 is 6.15. The van der Waals surface area contributed by atoms with Gasteiger partial charge in [0.1, 0.15) is 23.2 Å². The molecule has 1 amide bonds. The minimum Gasteiger partial charge on any atom is -0.457 e. The van der Waals surface area contributed by atoms with Crippen LogP contribution in [-0.4, -0.2) is 22.4 Å². The maximum absolute atomic E-state index is 12.5. The first-order chi connectivity index (χ1) is 16.0. The summed E-state index contributed by atoms with van der Waals surface area (Å²) in [6.45, 7) is 0.354. The molecule has 33 heavy (non-hydrogen) atoms. The number of hydrogen-bond donors (Lipinski definition) is 2. The van der Waals surface area contributed by atoms with Crippen molar-refractivity contribution in [2.24, 2.45) is 0 Å². The lowest BCUT2D eigenvalue weighted by atomic mass is 10.1. The van der Waals surface area contributed by atoms with Crippen molar-refractivity contribution in [2.75, 3.05) is 6.54 Å². The summed E-state index contributed by atoms with van der Waals surface area (Å²) in [5.41, 5.74) is 2.18. The summed E-state index contributed by atoms with van der Waals surface area (Å²) in [4.78, 5) is 26.2. The fraction of sp³-hybridized carbons (Fsp3) is 0.0833. The van der Waals surface area contributed by atoms with Crippen LogP contribution < -0.4 is 5.32 Å². The van der Waals surface area contributed by atoms with Crippen LogP contribution in [0.3, 0.4) is 0 Å². The number of nitro benzene ring substituents is 1. The molecule has 9 heteroatoms. The standard InChI is InChI=1S/C24H17ClN4O4/c25-21-7-5-17(29(31)32)12-20(21)23-8-6-18(33-23)11-16(13-26)24(30)27-10-9-15-14-28-22-4-2-1-3-19(15)22/h1-8,11-12,14,28H,9-10H2,(H,27,30)/b16-11-. The number of para-hydroxylation sites is 1. The van der Waals surface area contributed by atoms with Gasteiger partial charge in [-0.2, -0.15) is 5.26 Å². The molecule has 0 spiro atoms. The van der Waals surface area contributed by atoms with Crippen LogP contribution in [0.4, 0.5) is 5.69 Å². The Morgan fingerprint density at radius 3 is 2.85 bits per heavy atom. The highest BCUT2D eigenvalue weighted by atomic mass is 35.5. The lowest BCUT2D eigenvalue weighted by molar-refractivity contribution is -0.384. The number of nitro groups is 1. The van der Waals surface area contributed by atoms with E-state index in [4.69, 9.17) is 16.0 Å². The maximum Gasteiger partial charge on any atom is 0.270 e. The van der Waals surface area contributed by atoms with E-state index >= 15 is 0 Å². The quantitative estimate of drug-likeness (QED) is 0.168. The highest BCUT2D eigenvalue weighted by Gasteiger charge is 2.15. The van der Waals surface area contributed by atoms with E-state index in [2.05, 4.69) is 10.3 Å². The van der Waals surface area contributed by atoms with Gasteiger partial charge in [-0.3, -0.25) is 14.9 Å². The molecular formula is C24H17ClN4O4. The van der Waals surface area contributed by atoms with Crippen molar-refractivity contribution in [3.05, 3.63) is 92.8 Å². The van der Waals surface area contributed by atoms with Crippen LogP contribution in [0.15, 0.2) is 70.8 Å². The van der Waals surface area contributed by atoms with Gasteiger partial charge in [-0.15, -0.1) is 0 Å². The Morgan fingerprint density at radius 2 is 2.06 bits per heavy atom. The average Bonchev–Trinajstić information content (AvgIpc) is 3.45. The number of H-pyrrole nitrogens is 1. The van der Waals surface area contributed by atoms with E-state index < -0.39 is 10.8 Å². The number of rotatable bonds is 7. The summed E-state index contributed by atoms with van der Waals surface area (Å²) in [7, 11) is 0. The monoisotopic (exact) mass is 460 g/mol. The highest BCUT2D eigenvalue weighted by molar-refractivity contribution is 6.33. The number of amides is 1. The highest BCUT2D eigenvalue weighted by Crippen LogP contribution is 2.33. The molecule has 0 radical (unpaired) electrons. The first-order valence-electron chi connectivity index (χ1n) is 9.95. The number of carbonyl (C=O) groups is 1. The second-order valence-electron chi connectivity index (χ2n) is 7.16. The summed E-state index contributed by atoms with van der Waals surface area (Å²) in [5.74, 6) is 0.00607. The van der Waals surface area contributed by atoms with Gasteiger partial charge < -0.3 is 14.7 Å². The molecule has 0 bridgehead atoms. The number of furan rings is 1. The number of nitrogens with zero attached hydrogens (tertiary/aromatic N) is 2. The number of fused-ring (bicyclic) bond motifs is 1. The second-order valence-corrected chi connectivity index (χ2v) is 7.57. The zero-order valence-electron chi connectivity index (χ0n) is 17.2. The van der Waals surface area contributed by atoms with Crippen LogP contribution in [-0.2, 0) is 11.2 Å². The van der Waals surface area contributed by atoms with Crippen molar-refractivity contribution >= 4 is 40.2 Å². The third kappa shape index (κ3) is 4.79. The molecular weight excluding hydrogens is 444 g/mol. The number of aromatic nitrogens is 1. The van der Waals surface area contributed by atoms with Gasteiger partial charge in [-0.25, -0.2) is 0 Å². The predicted octanol–water partition coefficient (Wildman–Crippen LogP) is 5.26. The number of non-ortho nitro benzene ring substituents is 1. The molecule has 2 heterocycles. The van der Waals surface area contributed by atoms with Crippen LogP contribution >= 0.6 is 11.6 Å². The van der Waals surface area contributed by atoms with E-state index in [1.54, 1.807) is 12.1 Å². The first-order valence-corrected chi connectivity index (χ1v) is 10.3. The normalized spacial score (nSPS) is 11.3. The summed E-state index contributed by atoms with van der Waals surface area (Å²) in [6, 6.07) is 16.9. The Kier molecular flexibility index (Phi) is 6.24. The SMILES string of the molecule is N#C/C(=C/c1ccc(-c2cc([N+](=O)[O-])ccc2Cl)o1)C(=O)NCCc1c[nH]c2ccccc12. The van der Waals surface area contributed by atoms with Crippen molar-refractivity contribution in [2.45, 2.75) is 6.42 Å². The third-order valence-electron chi connectivity index (χ3n) is 5.06. The number of halogens is 1. The molecule has 0 unspecified atom stereocenters. The second kappa shape index (κ2) is 9.42. The van der Waals surface area contributed by atoms with Gasteiger partial charge in [0, 0.05) is 47.4 Å². The zero-order chi connectivity index (χ0) is 23.4. The molecule has 0 fully saturated rings. The Balaban J connectivity index is 1.45. The molecule has 2 N–H and O–H groups in total. The van der Waals surface area contributed by atoms with Gasteiger partial charge in [0.15, 0.2) is 0 Å². The van der Waals surface area contributed by atoms with E-state index in [1.165, 1.54) is 24.3 Å². The van der Waals surface area contributed by atoms with E-state index in [1.807, 2.05) is 36.5 Å². The van der Waals surface area contributed by atoms with Gasteiger partial charge in [-0.05, 0) is 36.2 Å². The predicted molar refractivity (Wildman–Crippen MR) is 124 cm³/mol. The Labute approximate surface area is 193 Å². The minimum absolute atomic E-state index is 0.125. The molecule has 0 aliphatic rings. The zero-order valence-corrected chi connectivity index (χ0v) is 17.9. The maximum atomic E-state index is 12.5. The minimum atomic E-state index is -0.530. The van der Waals surface area contributed by atoms with Crippen molar-refractivity contribution < 1.29 is 14.1 Å². The molecule has 0 atom stereocenters. The molecule has 8 nitrogen and oxygen atoms in total. The van der Waals surface area contributed by atoms with E-state index in [-0.39, 0.29) is 27.8 Å². The number of aromatic amines is 1. The fourth-order valence-electron chi connectivity index (χ4n) is 3.43. The lowest BCUT2D eigenvalue weighted by Gasteiger charge is -2.04. The Bertz CT molecular complexity index is 1430. The van der Waals surface area contributed by atoms with Crippen LogP contribution in [0.2, 0.25) is 5.02 Å². The topological polar surface area (TPSA) is 125 Å². The van der Waals surface area contributed by atoms with Gasteiger partial charge in [0.25, 0.3) is 11.6 Å². The molecule has 4 aromatic rings. The molecule has 0 saturated heterocycles. The van der Waals surface area contributed by atoms with E-state index in [9.17, 15) is 20.2 Å². The summed E-state index contributed by atoms with van der Waals surface area (Å²) in [5, 5.41) is 24.6. The molecule has 0 saturated carbocycles. The molecule has 4 rings (SSSR count). The lowest BCUT2D eigenvalue weighted by Crippen LogP contribution is -2.26. The van der Waals surface area contributed by atoms with Gasteiger partial charge in [-0.1, -0.05) is 29.8 Å². The van der Waals surface area contributed by atoms with E-state index in [0.717, 1.165) is 16.5 Å². The van der Waals surface area contributed by atoms with Gasteiger partial charge in [0.2, 0.25) is 0 Å². The van der Waals surface area contributed by atoms with Crippen LogP contribution in [0, 0.1) is 21.4 Å². The summed E-state index contributed by atoms with van der Waals surface area (Å²) < 4.78 is 5.66. The van der Waals surface area contributed by atoms with Gasteiger partial charge >= 0.3 is 0 Å². The molecule has 2 aromatic carbocycles. The number of hydrogen-bond acceptors (Lipinski definition) is 5. The average molecular weight is 461 g/mol. The largest absolute Gasteiger partial charge is 0.457 e. The van der Waals surface area contributed by atoms with Crippen LogP contribution in [0.1, 0.15) is 11.3 Å².